The third-order valence-corrected chi connectivity index (χ3v) is 16.2. The molecule has 2 bridgehead atoms. The Morgan fingerprint density at radius 1 is 0.962 bits per heavy atom. The lowest BCUT2D eigenvalue weighted by Crippen LogP contribution is -2.61. The molecule has 1 amide bonds. The van der Waals surface area contributed by atoms with E-state index in [1.165, 1.54) is 36.9 Å². The first-order valence-corrected chi connectivity index (χ1v) is 21.9. The summed E-state index contributed by atoms with van der Waals surface area (Å²) in [5, 5.41) is 12.9. The Labute approximate surface area is 315 Å². The van der Waals surface area contributed by atoms with E-state index >= 15 is 0 Å². The van der Waals surface area contributed by atoms with Crippen molar-refractivity contribution in [3.8, 4) is 5.75 Å². The SMILES string of the molecule is C[C@@H]1[C@@H](C)CCC[C@@](O)(CN2CCN3CCCC[C@H]3C2)[C@@H]2CC[C@H]2CN2C[C@@]3(CCCc4cc(Cl)ccc43)COc3ccc(cc32)C(=O)NS1(=O)=O. The molecule has 6 aliphatic rings. The Morgan fingerprint density at radius 2 is 1.83 bits per heavy atom. The predicted octanol–water partition coefficient (Wildman–Crippen LogP) is 6.01. The number of halogens is 1. The Balaban J connectivity index is 1.16. The number of sulfonamides is 1. The lowest BCUT2D eigenvalue weighted by atomic mass is 9.62. The van der Waals surface area contributed by atoms with Crippen LogP contribution in [0.3, 0.4) is 0 Å². The topological polar surface area (TPSA) is 102 Å². The summed E-state index contributed by atoms with van der Waals surface area (Å²) >= 11 is 6.49. The molecular formula is C41H57ClN4O5S. The molecule has 1 spiro atoms. The quantitative estimate of drug-likeness (QED) is 0.385. The normalized spacial score (nSPS) is 35.6. The van der Waals surface area contributed by atoms with Crippen LogP contribution in [0.2, 0.25) is 5.02 Å². The number of fused-ring (bicyclic) bond motifs is 5. The Bertz CT molecular complexity index is 1770. The standard InChI is InChI=1S/C41H57ClN4O5S/c1-28-7-5-17-41(48,26-44-19-20-45-18-4-3-9-34(45)24-44)36-13-10-32(36)23-46-25-40(16-6-8-30-21-33(42)12-14-35(30)40)27-51-38-15-11-31(22-37(38)46)39(47)43-52(49,50)29(28)2/h11-12,14-15,21-22,28-29,32,34,36,48H,3-10,13,16-20,23-27H2,1-2H3,(H,43,47)/t28-,29+,32-,34-,36+,40-,41+/m0/s1. The van der Waals surface area contributed by atoms with Crippen LogP contribution in [0.4, 0.5) is 5.69 Å². The molecule has 2 saturated heterocycles. The molecule has 0 unspecified atom stereocenters. The molecule has 284 valence electrons. The van der Waals surface area contributed by atoms with E-state index < -0.39 is 26.8 Å². The average molecular weight is 753 g/mol. The molecule has 2 N–H and O–H groups in total. The molecule has 8 rings (SSSR count). The highest BCUT2D eigenvalue weighted by Gasteiger charge is 2.50. The number of aryl methyl sites for hydroxylation is 1. The molecule has 4 heterocycles. The molecule has 11 heteroatoms. The zero-order valence-electron chi connectivity index (χ0n) is 31.0. The van der Waals surface area contributed by atoms with Crippen molar-refractivity contribution in [3.63, 3.8) is 0 Å². The second kappa shape index (κ2) is 14.4. The molecular weight excluding hydrogens is 696 g/mol. The summed E-state index contributed by atoms with van der Waals surface area (Å²) in [6.45, 7) is 10.5. The van der Waals surface area contributed by atoms with Gasteiger partial charge in [0.05, 0.1) is 23.1 Å². The van der Waals surface area contributed by atoms with Gasteiger partial charge in [-0.15, -0.1) is 0 Å². The van der Waals surface area contributed by atoms with Crippen LogP contribution in [-0.4, -0.2) is 98.5 Å². The zero-order valence-corrected chi connectivity index (χ0v) is 32.6. The Kier molecular flexibility index (Phi) is 10.1. The first-order valence-electron chi connectivity index (χ1n) is 20.0. The molecule has 0 radical (unpaired) electrons. The summed E-state index contributed by atoms with van der Waals surface area (Å²) in [6.07, 6.45) is 10.9. The summed E-state index contributed by atoms with van der Waals surface area (Å²) in [4.78, 5) is 21.2. The highest BCUT2D eigenvalue weighted by atomic mass is 35.5. The number of β-amino-alcohol motifs (C(OH)–C–C–N with tert-alkyl or cyclic N) is 1. The molecule has 7 atom stereocenters. The van der Waals surface area contributed by atoms with Gasteiger partial charge in [-0.3, -0.25) is 14.6 Å². The second-order valence-electron chi connectivity index (χ2n) is 17.3. The largest absolute Gasteiger partial charge is 0.490 e. The van der Waals surface area contributed by atoms with Crippen molar-refractivity contribution in [3.05, 3.63) is 58.1 Å². The maximum Gasteiger partial charge on any atom is 0.264 e. The van der Waals surface area contributed by atoms with Crippen LogP contribution in [0.1, 0.15) is 99.5 Å². The van der Waals surface area contributed by atoms with E-state index in [9.17, 15) is 18.3 Å². The van der Waals surface area contributed by atoms with Crippen molar-refractivity contribution in [1.29, 1.82) is 0 Å². The number of rotatable bonds is 2. The Morgan fingerprint density at radius 3 is 2.65 bits per heavy atom. The molecule has 4 aliphatic heterocycles. The molecule has 9 nitrogen and oxygen atoms in total. The highest BCUT2D eigenvalue weighted by molar-refractivity contribution is 7.90. The molecule has 0 aromatic heterocycles. The fraction of sp³-hybridized carbons (Fsp3) is 0.683. The van der Waals surface area contributed by atoms with Crippen molar-refractivity contribution in [2.24, 2.45) is 17.8 Å². The van der Waals surface area contributed by atoms with Gasteiger partial charge in [0, 0.05) is 61.3 Å². The second-order valence-corrected chi connectivity index (χ2v) is 19.8. The van der Waals surface area contributed by atoms with Crippen molar-refractivity contribution in [2.45, 2.75) is 107 Å². The number of amides is 1. The van der Waals surface area contributed by atoms with Gasteiger partial charge in [0.1, 0.15) is 5.75 Å². The van der Waals surface area contributed by atoms with Gasteiger partial charge in [0.25, 0.3) is 5.91 Å². The van der Waals surface area contributed by atoms with Crippen molar-refractivity contribution in [1.82, 2.24) is 14.5 Å². The number of ether oxygens (including phenoxy) is 1. The number of carbonyl (C=O) groups is 1. The molecule has 2 aromatic rings. The summed E-state index contributed by atoms with van der Waals surface area (Å²) < 4.78 is 36.3. The predicted molar refractivity (Wildman–Crippen MR) is 206 cm³/mol. The zero-order chi connectivity index (χ0) is 36.3. The van der Waals surface area contributed by atoms with Crippen molar-refractivity contribution >= 4 is 33.2 Å². The van der Waals surface area contributed by atoms with Crippen LogP contribution in [-0.2, 0) is 21.9 Å². The monoisotopic (exact) mass is 752 g/mol. The lowest BCUT2D eigenvalue weighted by molar-refractivity contribution is -0.114. The van der Waals surface area contributed by atoms with Crippen LogP contribution in [0.5, 0.6) is 5.75 Å². The van der Waals surface area contributed by atoms with Crippen molar-refractivity contribution in [2.75, 3.05) is 57.3 Å². The lowest BCUT2D eigenvalue weighted by Gasteiger charge is -2.53. The van der Waals surface area contributed by atoms with E-state index in [1.54, 1.807) is 13.0 Å². The molecule has 3 fully saturated rings. The van der Waals surface area contributed by atoms with Gasteiger partial charge in [-0.05, 0) is 130 Å². The molecule has 1 saturated carbocycles. The minimum atomic E-state index is -3.94. The first kappa shape index (κ1) is 36.6. The molecule has 2 aromatic carbocycles. The summed E-state index contributed by atoms with van der Waals surface area (Å²) in [5.74, 6) is 0.329. The van der Waals surface area contributed by atoms with Gasteiger partial charge in [0.15, 0.2) is 0 Å². The van der Waals surface area contributed by atoms with E-state index in [2.05, 4.69) is 31.6 Å². The smallest absolute Gasteiger partial charge is 0.264 e. The van der Waals surface area contributed by atoms with Gasteiger partial charge in [0.2, 0.25) is 10.0 Å². The number of hydrogen-bond donors (Lipinski definition) is 2. The minimum absolute atomic E-state index is 0.133. The maximum absolute atomic E-state index is 13.6. The van der Waals surface area contributed by atoms with Crippen LogP contribution >= 0.6 is 11.6 Å². The summed E-state index contributed by atoms with van der Waals surface area (Å²) in [5.41, 5.74) is 2.53. The number of carbonyl (C=O) groups excluding carboxylic acids is 1. The first-order chi connectivity index (χ1) is 24.9. The van der Waals surface area contributed by atoms with Crippen LogP contribution in [0, 0.1) is 17.8 Å². The van der Waals surface area contributed by atoms with Gasteiger partial charge >= 0.3 is 0 Å². The van der Waals surface area contributed by atoms with Crippen LogP contribution in [0.25, 0.3) is 0 Å². The number of piperidine rings is 1. The summed E-state index contributed by atoms with van der Waals surface area (Å²) in [7, 11) is -3.94. The average Bonchev–Trinajstić information content (AvgIpc) is 3.25. The van der Waals surface area contributed by atoms with E-state index in [4.69, 9.17) is 16.3 Å². The number of aliphatic hydroxyl groups is 1. The van der Waals surface area contributed by atoms with Crippen LogP contribution in [0.15, 0.2) is 36.4 Å². The third kappa shape index (κ3) is 7.00. The van der Waals surface area contributed by atoms with E-state index in [-0.39, 0.29) is 23.2 Å². The van der Waals surface area contributed by atoms with Gasteiger partial charge in [-0.25, -0.2) is 13.1 Å². The molecule has 2 aliphatic carbocycles. The van der Waals surface area contributed by atoms with Gasteiger partial charge < -0.3 is 14.7 Å². The van der Waals surface area contributed by atoms with E-state index in [0.717, 1.165) is 75.4 Å². The number of nitrogens with one attached hydrogen (secondary N) is 1. The highest BCUT2D eigenvalue weighted by Crippen LogP contribution is 2.49. The molecule has 52 heavy (non-hydrogen) atoms. The maximum atomic E-state index is 13.6. The third-order valence-electron chi connectivity index (χ3n) is 14.1. The van der Waals surface area contributed by atoms with E-state index in [1.807, 2.05) is 25.1 Å². The number of piperazine rings is 1. The fourth-order valence-corrected chi connectivity index (χ4v) is 12.2. The number of hydrogen-bond acceptors (Lipinski definition) is 8. The van der Waals surface area contributed by atoms with Crippen molar-refractivity contribution < 1.29 is 23.1 Å². The van der Waals surface area contributed by atoms with Gasteiger partial charge in [-0.1, -0.05) is 37.4 Å². The van der Waals surface area contributed by atoms with Gasteiger partial charge in [-0.2, -0.15) is 0 Å². The Hall–Kier alpha value is -2.37. The fourth-order valence-electron chi connectivity index (χ4n) is 10.7. The number of nitrogens with zero attached hydrogens (tertiary/aromatic N) is 3. The summed E-state index contributed by atoms with van der Waals surface area (Å²) in [6, 6.07) is 12.2. The van der Waals surface area contributed by atoms with Crippen LogP contribution < -0.4 is 14.4 Å². The number of benzene rings is 2. The minimum Gasteiger partial charge on any atom is -0.490 e. The number of anilines is 1. The van der Waals surface area contributed by atoms with E-state index in [0.29, 0.717) is 49.9 Å².